The fraction of sp³-hybridized carbons (Fsp3) is 0.571. The van der Waals surface area contributed by atoms with Gasteiger partial charge in [-0.25, -0.2) is 0 Å². The molecule has 1 saturated heterocycles. The molecule has 1 aliphatic carbocycles. The molecule has 3 rings (SSSR count). The summed E-state index contributed by atoms with van der Waals surface area (Å²) in [5.74, 6) is 1.91. The number of likely N-dealkylation sites (tertiary alicyclic amines) is 1. The van der Waals surface area contributed by atoms with E-state index in [-0.39, 0.29) is 0 Å². The van der Waals surface area contributed by atoms with E-state index in [1.54, 1.807) is 5.56 Å². The molecule has 1 aliphatic heterocycles. The van der Waals surface area contributed by atoms with Gasteiger partial charge < -0.3 is 4.90 Å². The molecule has 1 aromatic carbocycles. The third-order valence-corrected chi connectivity index (χ3v) is 5.11. The van der Waals surface area contributed by atoms with Gasteiger partial charge in [0.2, 0.25) is 0 Å². The lowest BCUT2D eigenvalue weighted by Gasteiger charge is -2.20. The Bertz CT molecular complexity index is 405. The van der Waals surface area contributed by atoms with Gasteiger partial charge in [0.1, 0.15) is 0 Å². The van der Waals surface area contributed by atoms with Crippen molar-refractivity contribution in [2.45, 2.75) is 18.3 Å². The molecule has 17 heavy (non-hydrogen) atoms. The molecule has 1 saturated carbocycles. The minimum absolute atomic E-state index is 0.497. The fourth-order valence-corrected chi connectivity index (χ4v) is 3.69. The molecule has 3 heteroatoms. The van der Waals surface area contributed by atoms with Crippen LogP contribution in [0.1, 0.15) is 18.4 Å². The molecule has 1 aromatic rings. The van der Waals surface area contributed by atoms with E-state index in [9.17, 15) is 0 Å². The van der Waals surface area contributed by atoms with E-state index >= 15 is 0 Å². The molecule has 0 amide bonds. The highest BCUT2D eigenvalue weighted by molar-refractivity contribution is 9.10. The first-order chi connectivity index (χ1) is 8.24. The van der Waals surface area contributed by atoms with Gasteiger partial charge in [-0.2, -0.15) is 12.6 Å². The first kappa shape index (κ1) is 12.1. The molecule has 0 spiro atoms. The summed E-state index contributed by atoms with van der Waals surface area (Å²) >= 11 is 7.81. The van der Waals surface area contributed by atoms with Crippen LogP contribution >= 0.6 is 28.6 Å². The van der Waals surface area contributed by atoms with E-state index in [0.717, 1.165) is 11.7 Å². The Morgan fingerprint density at radius 2 is 2.12 bits per heavy atom. The summed E-state index contributed by atoms with van der Waals surface area (Å²) in [6.07, 6.45) is 2.61. The van der Waals surface area contributed by atoms with Crippen molar-refractivity contribution in [1.82, 2.24) is 4.90 Å². The van der Waals surface area contributed by atoms with Crippen molar-refractivity contribution in [2.75, 3.05) is 25.4 Å². The molecule has 0 bridgehead atoms. The quantitative estimate of drug-likeness (QED) is 0.835. The minimum atomic E-state index is 0.497. The number of benzene rings is 1. The van der Waals surface area contributed by atoms with Gasteiger partial charge in [0.15, 0.2) is 0 Å². The molecular weight excluding hydrogens is 294 g/mol. The van der Waals surface area contributed by atoms with Gasteiger partial charge in [0, 0.05) is 23.0 Å². The average Bonchev–Trinajstić information content (AvgIpc) is 2.91. The van der Waals surface area contributed by atoms with E-state index in [0.29, 0.717) is 5.41 Å². The third kappa shape index (κ3) is 2.18. The number of thiol groups is 1. The van der Waals surface area contributed by atoms with Crippen LogP contribution in [0.3, 0.4) is 0 Å². The third-order valence-electron chi connectivity index (χ3n) is 4.27. The minimum Gasteiger partial charge on any atom is -0.302 e. The van der Waals surface area contributed by atoms with E-state index < -0.39 is 0 Å². The highest BCUT2D eigenvalue weighted by atomic mass is 79.9. The first-order valence-corrected chi connectivity index (χ1v) is 7.76. The normalized spacial score (nSPS) is 31.5. The van der Waals surface area contributed by atoms with Crippen molar-refractivity contribution < 1.29 is 0 Å². The van der Waals surface area contributed by atoms with Crippen LogP contribution in [-0.4, -0.2) is 30.3 Å². The van der Waals surface area contributed by atoms with Crippen LogP contribution in [0.25, 0.3) is 0 Å². The zero-order valence-corrected chi connectivity index (χ0v) is 12.4. The van der Waals surface area contributed by atoms with Gasteiger partial charge in [-0.1, -0.05) is 28.1 Å². The summed E-state index contributed by atoms with van der Waals surface area (Å²) in [5, 5.41) is 0. The van der Waals surface area contributed by atoms with E-state index in [1.165, 1.54) is 36.9 Å². The summed E-state index contributed by atoms with van der Waals surface area (Å²) in [5.41, 5.74) is 2.04. The molecule has 1 heterocycles. The van der Waals surface area contributed by atoms with Crippen LogP contribution in [0.2, 0.25) is 0 Å². The van der Waals surface area contributed by atoms with Crippen LogP contribution in [0, 0.1) is 5.92 Å². The molecule has 2 fully saturated rings. The zero-order chi connectivity index (χ0) is 11.9. The Hall–Kier alpha value is 0.01000. The molecule has 2 atom stereocenters. The van der Waals surface area contributed by atoms with Gasteiger partial charge in [0.25, 0.3) is 0 Å². The summed E-state index contributed by atoms with van der Waals surface area (Å²) < 4.78 is 1.18. The summed E-state index contributed by atoms with van der Waals surface area (Å²) in [6.45, 7) is 3.77. The Balaban J connectivity index is 1.71. The maximum atomic E-state index is 4.30. The predicted molar refractivity (Wildman–Crippen MR) is 78.8 cm³/mol. The van der Waals surface area contributed by atoms with Crippen LogP contribution < -0.4 is 0 Å². The predicted octanol–water partition coefficient (Wildman–Crippen LogP) is 3.34. The monoisotopic (exact) mass is 311 g/mol. The Morgan fingerprint density at radius 3 is 2.82 bits per heavy atom. The number of nitrogens with zero attached hydrogens (tertiary/aromatic N) is 1. The lowest BCUT2D eigenvalue weighted by molar-refractivity contribution is 0.300. The molecule has 0 N–H and O–H groups in total. The number of hydrogen-bond acceptors (Lipinski definition) is 2. The van der Waals surface area contributed by atoms with E-state index in [4.69, 9.17) is 0 Å². The molecule has 2 aliphatic rings. The number of fused-ring (bicyclic) bond motifs is 1. The van der Waals surface area contributed by atoms with Gasteiger partial charge >= 0.3 is 0 Å². The van der Waals surface area contributed by atoms with Crippen molar-refractivity contribution in [3.8, 4) is 0 Å². The molecule has 0 radical (unpaired) electrons. The molecule has 2 unspecified atom stereocenters. The number of piperidine rings is 1. The van der Waals surface area contributed by atoms with Gasteiger partial charge in [-0.3, -0.25) is 0 Å². The van der Waals surface area contributed by atoms with Crippen LogP contribution in [0.15, 0.2) is 28.7 Å². The number of hydrogen-bond donors (Lipinski definition) is 1. The van der Waals surface area contributed by atoms with E-state index in [2.05, 4.69) is 57.7 Å². The van der Waals surface area contributed by atoms with Crippen LogP contribution in [0.4, 0.5) is 0 Å². The molecule has 1 nitrogen and oxygen atoms in total. The summed E-state index contributed by atoms with van der Waals surface area (Å²) in [4.78, 5) is 2.62. The van der Waals surface area contributed by atoms with Crippen molar-refractivity contribution in [3.05, 3.63) is 34.3 Å². The van der Waals surface area contributed by atoms with Crippen molar-refractivity contribution in [1.29, 1.82) is 0 Å². The average molecular weight is 312 g/mol. The first-order valence-electron chi connectivity index (χ1n) is 6.34. The van der Waals surface area contributed by atoms with Crippen molar-refractivity contribution in [3.63, 3.8) is 0 Å². The standard InChI is InChI=1S/C14H18BrNS/c15-13-4-2-11(3-5-13)14-8-12(14)9-16(10-14)6-1-7-17/h2-5,12,17H,1,6-10H2. The maximum Gasteiger partial charge on any atom is 0.0175 e. The maximum absolute atomic E-state index is 4.30. The van der Waals surface area contributed by atoms with Crippen molar-refractivity contribution in [2.24, 2.45) is 5.92 Å². The summed E-state index contributed by atoms with van der Waals surface area (Å²) in [7, 11) is 0. The second kappa shape index (κ2) is 4.60. The largest absolute Gasteiger partial charge is 0.302 e. The summed E-state index contributed by atoms with van der Waals surface area (Å²) in [6, 6.07) is 8.95. The zero-order valence-electron chi connectivity index (χ0n) is 9.90. The van der Waals surface area contributed by atoms with Gasteiger partial charge in [0.05, 0.1) is 0 Å². The Morgan fingerprint density at radius 1 is 1.35 bits per heavy atom. The SMILES string of the molecule is SCCCN1CC2CC2(c2ccc(Br)cc2)C1. The second-order valence-corrected chi connectivity index (χ2v) is 6.74. The number of rotatable bonds is 4. The highest BCUT2D eigenvalue weighted by Crippen LogP contribution is 2.58. The lowest BCUT2D eigenvalue weighted by Crippen LogP contribution is -2.27. The molecule has 0 aromatic heterocycles. The van der Waals surface area contributed by atoms with Gasteiger partial charge in [-0.15, -0.1) is 0 Å². The van der Waals surface area contributed by atoms with Crippen LogP contribution in [0.5, 0.6) is 0 Å². The van der Waals surface area contributed by atoms with Gasteiger partial charge in [-0.05, 0) is 48.8 Å². The smallest absolute Gasteiger partial charge is 0.0175 e. The molecular formula is C14H18BrNS. The Kier molecular flexibility index (Phi) is 3.26. The Labute approximate surface area is 117 Å². The van der Waals surface area contributed by atoms with Crippen molar-refractivity contribution >= 4 is 28.6 Å². The number of halogens is 1. The lowest BCUT2D eigenvalue weighted by atomic mass is 9.95. The topological polar surface area (TPSA) is 3.24 Å². The highest BCUT2D eigenvalue weighted by Gasteiger charge is 2.60. The van der Waals surface area contributed by atoms with E-state index in [1.807, 2.05) is 0 Å². The second-order valence-electron chi connectivity index (χ2n) is 5.38. The fourth-order valence-electron chi connectivity index (χ4n) is 3.28. The van der Waals surface area contributed by atoms with Crippen LogP contribution in [-0.2, 0) is 5.41 Å². The molecule has 92 valence electrons.